The zero-order valence-corrected chi connectivity index (χ0v) is 19.6. The number of nitrogens with one attached hydrogen (secondary N) is 3. The van der Waals surface area contributed by atoms with Crippen LogP contribution in [0.5, 0.6) is 0 Å². The van der Waals surface area contributed by atoms with Crippen molar-refractivity contribution in [2.75, 3.05) is 5.73 Å². The molecular formula is C24H23FN4O5S. The third-order valence-corrected chi connectivity index (χ3v) is 5.76. The average molecular weight is 499 g/mol. The van der Waals surface area contributed by atoms with Crippen LogP contribution in [0.2, 0.25) is 0 Å². The normalized spacial score (nSPS) is 10.9. The summed E-state index contributed by atoms with van der Waals surface area (Å²) in [5, 5.41) is 0.897. The summed E-state index contributed by atoms with van der Waals surface area (Å²) in [5.74, 6) is -1.67. The van der Waals surface area contributed by atoms with Gasteiger partial charge in [-0.15, -0.1) is 0 Å². The summed E-state index contributed by atoms with van der Waals surface area (Å²) in [7, 11) is -4.02. The maximum absolute atomic E-state index is 13.0. The second-order valence-electron chi connectivity index (χ2n) is 7.70. The number of anilines is 1. The van der Waals surface area contributed by atoms with Gasteiger partial charge in [0, 0.05) is 16.6 Å². The van der Waals surface area contributed by atoms with Crippen molar-refractivity contribution in [2.24, 2.45) is 0 Å². The first kappa shape index (κ1) is 25.4. The highest BCUT2D eigenvalue weighted by Gasteiger charge is 2.14. The van der Waals surface area contributed by atoms with E-state index in [0.29, 0.717) is 5.69 Å². The molecule has 9 nitrogen and oxygen atoms in total. The quantitative estimate of drug-likeness (QED) is 0.165. The minimum absolute atomic E-state index is 0.0113. The van der Waals surface area contributed by atoms with Gasteiger partial charge in [-0.05, 0) is 62.4 Å². The Kier molecular flexibility index (Phi) is 7.52. The van der Waals surface area contributed by atoms with Crippen molar-refractivity contribution in [2.45, 2.75) is 18.7 Å². The highest BCUT2D eigenvalue weighted by molar-refractivity contribution is 7.85. The Morgan fingerprint density at radius 3 is 2.14 bits per heavy atom. The molecular weight excluding hydrogens is 475 g/mol. The molecule has 0 spiro atoms. The number of nitrogen functional groups attached to an aromatic ring is 1. The van der Waals surface area contributed by atoms with Crippen molar-refractivity contribution in [3.05, 3.63) is 94.9 Å². The maximum Gasteiger partial charge on any atom is 0.294 e. The lowest BCUT2D eigenvalue weighted by atomic mass is 10.1. The molecule has 0 atom stereocenters. The SMILES string of the molecule is Cc1ccc(S(=O)(=O)O)cc1.Cc1ccc2[nH]c(C(=O)NNC(=O)c3ccc(F)cc3N)cc2c1. The van der Waals surface area contributed by atoms with Crippen molar-refractivity contribution in [1.29, 1.82) is 0 Å². The van der Waals surface area contributed by atoms with E-state index in [0.717, 1.165) is 34.2 Å². The van der Waals surface area contributed by atoms with Gasteiger partial charge >= 0.3 is 0 Å². The summed E-state index contributed by atoms with van der Waals surface area (Å²) in [6, 6.07) is 16.8. The molecule has 35 heavy (non-hydrogen) atoms. The number of nitrogens with two attached hydrogens (primary N) is 1. The molecule has 3 aromatic carbocycles. The lowest BCUT2D eigenvalue weighted by molar-refractivity contribution is 0.0845. The molecule has 1 aromatic heterocycles. The minimum Gasteiger partial charge on any atom is -0.398 e. The molecule has 1 heterocycles. The van der Waals surface area contributed by atoms with E-state index in [2.05, 4.69) is 15.8 Å². The largest absolute Gasteiger partial charge is 0.398 e. The van der Waals surface area contributed by atoms with Gasteiger partial charge in [0.2, 0.25) is 0 Å². The van der Waals surface area contributed by atoms with Crippen molar-refractivity contribution in [3.63, 3.8) is 0 Å². The van der Waals surface area contributed by atoms with Crippen LogP contribution in [0.3, 0.4) is 0 Å². The fraction of sp³-hybridized carbons (Fsp3) is 0.0833. The highest BCUT2D eigenvalue weighted by Crippen LogP contribution is 2.17. The molecule has 0 saturated heterocycles. The Labute approximate surface area is 200 Å². The van der Waals surface area contributed by atoms with Crippen LogP contribution in [-0.2, 0) is 10.1 Å². The third-order valence-electron chi connectivity index (χ3n) is 4.89. The molecule has 0 fully saturated rings. The van der Waals surface area contributed by atoms with E-state index in [1.807, 2.05) is 32.0 Å². The molecule has 0 saturated carbocycles. The molecule has 0 aliphatic rings. The van der Waals surface area contributed by atoms with E-state index in [4.69, 9.17) is 10.3 Å². The summed E-state index contributed by atoms with van der Waals surface area (Å²) in [4.78, 5) is 27.0. The van der Waals surface area contributed by atoms with E-state index in [1.165, 1.54) is 18.2 Å². The first-order valence-corrected chi connectivity index (χ1v) is 11.7. The zero-order chi connectivity index (χ0) is 25.8. The average Bonchev–Trinajstić information content (AvgIpc) is 3.21. The molecule has 4 rings (SSSR count). The lowest BCUT2D eigenvalue weighted by Crippen LogP contribution is -2.42. The Balaban J connectivity index is 0.000000261. The molecule has 0 aliphatic heterocycles. The number of fused-ring (bicyclic) bond motifs is 1. The molecule has 4 aromatic rings. The Morgan fingerprint density at radius 1 is 0.886 bits per heavy atom. The van der Waals surface area contributed by atoms with Gasteiger partial charge in [0.25, 0.3) is 21.9 Å². The smallest absolute Gasteiger partial charge is 0.294 e. The van der Waals surface area contributed by atoms with Gasteiger partial charge in [0.1, 0.15) is 11.5 Å². The molecule has 0 aliphatic carbocycles. The standard InChI is InChI=1S/C17H15FN4O2.C7H8O3S/c1-9-2-5-14-10(6-9)7-15(20-14)17(24)22-21-16(23)12-4-3-11(18)8-13(12)19;1-6-2-4-7(5-3-6)11(8,9)10/h2-8,20H,19H2,1H3,(H,21,23)(H,22,24);2-5H,1H3,(H,8,9,10). The number of aromatic amines is 1. The van der Waals surface area contributed by atoms with Crippen molar-refractivity contribution < 1.29 is 27.0 Å². The van der Waals surface area contributed by atoms with E-state index < -0.39 is 27.7 Å². The first-order valence-electron chi connectivity index (χ1n) is 10.2. The zero-order valence-electron chi connectivity index (χ0n) is 18.8. The molecule has 0 radical (unpaired) electrons. The summed E-state index contributed by atoms with van der Waals surface area (Å²) >= 11 is 0. The van der Waals surface area contributed by atoms with Crippen LogP contribution in [0.4, 0.5) is 10.1 Å². The topological polar surface area (TPSA) is 154 Å². The molecule has 182 valence electrons. The van der Waals surface area contributed by atoms with Gasteiger partial charge in [0.15, 0.2) is 0 Å². The van der Waals surface area contributed by atoms with E-state index in [9.17, 15) is 22.4 Å². The third kappa shape index (κ3) is 6.65. The van der Waals surface area contributed by atoms with Crippen LogP contribution in [0.25, 0.3) is 10.9 Å². The lowest BCUT2D eigenvalue weighted by Gasteiger charge is -2.08. The summed E-state index contributed by atoms with van der Waals surface area (Å²) in [5.41, 5.74) is 13.4. The van der Waals surface area contributed by atoms with Crippen molar-refractivity contribution in [3.8, 4) is 0 Å². The maximum atomic E-state index is 13.0. The Hall–Kier alpha value is -4.22. The summed E-state index contributed by atoms with van der Waals surface area (Å²) in [6.07, 6.45) is 0. The Bertz CT molecular complexity index is 1500. The predicted octanol–water partition coefficient (Wildman–Crippen LogP) is 3.51. The monoisotopic (exact) mass is 498 g/mol. The van der Waals surface area contributed by atoms with E-state index in [1.54, 1.807) is 18.2 Å². The molecule has 6 N–H and O–H groups in total. The van der Waals surface area contributed by atoms with Crippen LogP contribution in [-0.4, -0.2) is 29.8 Å². The molecule has 2 amide bonds. The number of carbonyl (C=O) groups is 2. The Morgan fingerprint density at radius 2 is 1.51 bits per heavy atom. The van der Waals surface area contributed by atoms with E-state index >= 15 is 0 Å². The van der Waals surface area contributed by atoms with Gasteiger partial charge in [-0.3, -0.25) is 25.0 Å². The second kappa shape index (κ2) is 10.4. The number of benzene rings is 3. The van der Waals surface area contributed by atoms with Crippen LogP contribution in [0, 0.1) is 19.7 Å². The number of H-pyrrole nitrogens is 1. The number of aryl methyl sites for hydroxylation is 2. The number of aromatic nitrogens is 1. The summed E-state index contributed by atoms with van der Waals surface area (Å²) < 4.78 is 42.5. The van der Waals surface area contributed by atoms with Crippen molar-refractivity contribution in [1.82, 2.24) is 15.8 Å². The molecule has 0 bridgehead atoms. The number of rotatable bonds is 3. The summed E-state index contributed by atoms with van der Waals surface area (Å²) in [6.45, 7) is 3.80. The highest BCUT2D eigenvalue weighted by atomic mass is 32.2. The number of hydrogen-bond acceptors (Lipinski definition) is 5. The molecule has 11 heteroatoms. The fourth-order valence-corrected chi connectivity index (χ4v) is 3.55. The predicted molar refractivity (Wildman–Crippen MR) is 130 cm³/mol. The number of amides is 2. The van der Waals surface area contributed by atoms with Gasteiger partial charge in [-0.2, -0.15) is 8.42 Å². The minimum atomic E-state index is -4.02. The molecule has 0 unspecified atom stereocenters. The van der Waals surface area contributed by atoms with Crippen LogP contribution in [0.15, 0.2) is 71.6 Å². The van der Waals surface area contributed by atoms with Crippen LogP contribution < -0.4 is 16.6 Å². The number of carbonyl (C=O) groups excluding carboxylic acids is 2. The van der Waals surface area contributed by atoms with Gasteiger partial charge < -0.3 is 10.7 Å². The van der Waals surface area contributed by atoms with Gasteiger partial charge in [-0.25, -0.2) is 4.39 Å². The van der Waals surface area contributed by atoms with Crippen LogP contribution >= 0.6 is 0 Å². The number of hydrazine groups is 1. The van der Waals surface area contributed by atoms with Crippen LogP contribution in [0.1, 0.15) is 32.0 Å². The van der Waals surface area contributed by atoms with Crippen molar-refractivity contribution >= 4 is 38.5 Å². The number of halogens is 1. The number of hydrogen-bond donors (Lipinski definition) is 5. The fourth-order valence-electron chi connectivity index (χ4n) is 3.07. The van der Waals surface area contributed by atoms with Gasteiger partial charge in [0.05, 0.1) is 10.5 Å². The van der Waals surface area contributed by atoms with E-state index in [-0.39, 0.29) is 16.1 Å². The van der Waals surface area contributed by atoms with Gasteiger partial charge in [-0.1, -0.05) is 29.3 Å². The first-order chi connectivity index (χ1) is 16.4. The second-order valence-corrected chi connectivity index (χ2v) is 9.12.